The van der Waals surface area contributed by atoms with E-state index in [0.29, 0.717) is 5.92 Å². The highest BCUT2D eigenvalue weighted by atomic mass is 79.9. The first-order valence-corrected chi connectivity index (χ1v) is 8.20. The van der Waals surface area contributed by atoms with E-state index in [4.69, 9.17) is 11.6 Å². The molecule has 1 unspecified atom stereocenters. The van der Waals surface area contributed by atoms with Crippen molar-refractivity contribution in [3.8, 4) is 0 Å². The molecule has 0 aliphatic rings. The molecule has 106 valence electrons. The molecule has 0 saturated carbocycles. The van der Waals surface area contributed by atoms with Crippen LogP contribution in [0.5, 0.6) is 0 Å². The van der Waals surface area contributed by atoms with Crippen molar-refractivity contribution in [2.45, 2.75) is 38.4 Å². The summed E-state index contributed by atoms with van der Waals surface area (Å²) in [6, 6.07) is 13.0. The first-order valence-electron chi connectivity index (χ1n) is 6.90. The zero-order valence-electron chi connectivity index (χ0n) is 12.4. The Hall–Kier alpha value is -0.790. The second-order valence-corrected chi connectivity index (χ2v) is 6.96. The number of halogens is 2. The molecule has 0 N–H and O–H groups in total. The molecule has 0 radical (unpaired) electrons. The number of rotatable bonds is 3. The van der Waals surface area contributed by atoms with Crippen LogP contribution in [0.4, 0.5) is 0 Å². The van der Waals surface area contributed by atoms with E-state index in [-0.39, 0.29) is 4.83 Å². The molecule has 0 aliphatic heterocycles. The topological polar surface area (TPSA) is 0 Å². The molecular weight excluding hydrogens is 332 g/mol. The minimum absolute atomic E-state index is 0.135. The maximum Gasteiger partial charge on any atom is 0.0659 e. The standard InChI is InChI=1S/C18H20BrCl/c1-11(2)14-5-7-15(8-6-14)18(19)16-9-12(3)13(4)10-17(16)20/h5-11,18H,1-4H3. The quantitative estimate of drug-likeness (QED) is 0.549. The van der Waals surface area contributed by atoms with Crippen LogP contribution in [0.3, 0.4) is 0 Å². The molecule has 0 nitrogen and oxygen atoms in total. The van der Waals surface area contributed by atoms with E-state index < -0.39 is 0 Å². The van der Waals surface area contributed by atoms with Gasteiger partial charge in [-0.05, 0) is 53.6 Å². The minimum Gasteiger partial charge on any atom is -0.0840 e. The first-order chi connectivity index (χ1) is 9.40. The summed E-state index contributed by atoms with van der Waals surface area (Å²) >= 11 is 10.2. The van der Waals surface area contributed by atoms with Gasteiger partial charge >= 0.3 is 0 Å². The van der Waals surface area contributed by atoms with Crippen molar-refractivity contribution in [1.82, 2.24) is 0 Å². The highest BCUT2D eigenvalue weighted by Gasteiger charge is 2.15. The summed E-state index contributed by atoms with van der Waals surface area (Å²) in [5.41, 5.74) is 6.23. The van der Waals surface area contributed by atoms with Gasteiger partial charge in [-0.2, -0.15) is 0 Å². The number of alkyl halides is 1. The number of benzene rings is 2. The van der Waals surface area contributed by atoms with Gasteiger partial charge in [-0.3, -0.25) is 0 Å². The average Bonchev–Trinajstić information content (AvgIpc) is 2.42. The van der Waals surface area contributed by atoms with Crippen LogP contribution in [0.25, 0.3) is 0 Å². The molecule has 0 spiro atoms. The Morgan fingerprint density at radius 2 is 1.40 bits per heavy atom. The lowest BCUT2D eigenvalue weighted by molar-refractivity contribution is 0.865. The first kappa shape index (κ1) is 15.6. The van der Waals surface area contributed by atoms with Gasteiger partial charge in [-0.25, -0.2) is 0 Å². The smallest absolute Gasteiger partial charge is 0.0659 e. The minimum atomic E-state index is 0.135. The van der Waals surface area contributed by atoms with E-state index in [1.807, 2.05) is 6.07 Å². The van der Waals surface area contributed by atoms with E-state index in [1.54, 1.807) is 0 Å². The van der Waals surface area contributed by atoms with E-state index in [0.717, 1.165) is 10.6 Å². The Morgan fingerprint density at radius 1 is 0.900 bits per heavy atom. The molecule has 0 bridgehead atoms. The molecular formula is C18H20BrCl. The fraction of sp³-hybridized carbons (Fsp3) is 0.333. The van der Waals surface area contributed by atoms with Crippen molar-refractivity contribution >= 4 is 27.5 Å². The van der Waals surface area contributed by atoms with Gasteiger partial charge in [0.2, 0.25) is 0 Å². The summed E-state index contributed by atoms with van der Waals surface area (Å²) in [6.45, 7) is 8.63. The van der Waals surface area contributed by atoms with Crippen molar-refractivity contribution in [2.75, 3.05) is 0 Å². The number of hydrogen-bond donors (Lipinski definition) is 0. The van der Waals surface area contributed by atoms with Gasteiger partial charge in [0.05, 0.1) is 4.83 Å². The van der Waals surface area contributed by atoms with Gasteiger partial charge in [0, 0.05) is 5.02 Å². The lowest BCUT2D eigenvalue weighted by Gasteiger charge is -2.16. The highest BCUT2D eigenvalue weighted by Crippen LogP contribution is 2.37. The highest BCUT2D eigenvalue weighted by molar-refractivity contribution is 9.09. The second kappa shape index (κ2) is 6.32. The van der Waals surface area contributed by atoms with Crippen LogP contribution >= 0.6 is 27.5 Å². The van der Waals surface area contributed by atoms with E-state index >= 15 is 0 Å². The average molecular weight is 352 g/mol. The Bertz CT molecular complexity index is 600. The maximum absolute atomic E-state index is 6.40. The van der Waals surface area contributed by atoms with Gasteiger partial charge in [0.1, 0.15) is 0 Å². The number of hydrogen-bond acceptors (Lipinski definition) is 0. The molecule has 2 aromatic rings. The summed E-state index contributed by atoms with van der Waals surface area (Å²) in [5, 5.41) is 0.822. The van der Waals surface area contributed by atoms with Crippen molar-refractivity contribution in [1.29, 1.82) is 0 Å². The van der Waals surface area contributed by atoms with Crippen LogP contribution in [-0.2, 0) is 0 Å². The zero-order chi connectivity index (χ0) is 14.9. The van der Waals surface area contributed by atoms with E-state index in [1.165, 1.54) is 22.3 Å². The summed E-state index contributed by atoms with van der Waals surface area (Å²) in [5.74, 6) is 0.558. The Labute approximate surface area is 135 Å². The van der Waals surface area contributed by atoms with Crippen LogP contribution in [0.1, 0.15) is 52.4 Å². The summed E-state index contributed by atoms with van der Waals surface area (Å²) in [6.07, 6.45) is 0. The van der Waals surface area contributed by atoms with Crippen LogP contribution in [-0.4, -0.2) is 0 Å². The molecule has 1 atom stereocenters. The normalized spacial score (nSPS) is 12.8. The van der Waals surface area contributed by atoms with E-state index in [2.05, 4.69) is 74.0 Å². The molecule has 0 heterocycles. The predicted octanol–water partition coefficient (Wildman–Crippen LogP) is 6.56. The van der Waals surface area contributed by atoms with Crippen LogP contribution in [0.15, 0.2) is 36.4 Å². The third kappa shape index (κ3) is 3.27. The lowest BCUT2D eigenvalue weighted by atomic mass is 9.97. The molecule has 0 fully saturated rings. The van der Waals surface area contributed by atoms with Gasteiger partial charge < -0.3 is 0 Å². The Kier molecular flexibility index (Phi) is 4.93. The molecule has 0 aromatic heterocycles. The summed E-state index contributed by atoms with van der Waals surface area (Å²) in [4.78, 5) is 0.135. The second-order valence-electron chi connectivity index (χ2n) is 5.64. The predicted molar refractivity (Wildman–Crippen MR) is 92.2 cm³/mol. The summed E-state index contributed by atoms with van der Waals surface area (Å²) in [7, 11) is 0. The Balaban J connectivity index is 2.36. The van der Waals surface area contributed by atoms with Crippen molar-refractivity contribution in [3.05, 3.63) is 69.2 Å². The van der Waals surface area contributed by atoms with Crippen molar-refractivity contribution in [2.24, 2.45) is 0 Å². The third-order valence-electron chi connectivity index (χ3n) is 3.78. The molecule has 2 heteroatoms. The van der Waals surface area contributed by atoms with Crippen LogP contribution < -0.4 is 0 Å². The van der Waals surface area contributed by atoms with Crippen molar-refractivity contribution < 1.29 is 0 Å². The van der Waals surface area contributed by atoms with Gasteiger partial charge in [-0.15, -0.1) is 0 Å². The molecule has 2 rings (SSSR count). The lowest BCUT2D eigenvalue weighted by Crippen LogP contribution is -1.97. The zero-order valence-corrected chi connectivity index (χ0v) is 14.7. The monoisotopic (exact) mass is 350 g/mol. The van der Waals surface area contributed by atoms with Gasteiger partial charge in [0.25, 0.3) is 0 Å². The third-order valence-corrected chi connectivity index (χ3v) is 5.13. The Morgan fingerprint density at radius 3 is 1.95 bits per heavy atom. The van der Waals surface area contributed by atoms with E-state index in [9.17, 15) is 0 Å². The molecule has 0 aliphatic carbocycles. The maximum atomic E-state index is 6.40. The number of aryl methyl sites for hydroxylation is 2. The van der Waals surface area contributed by atoms with Gasteiger partial charge in [-0.1, -0.05) is 71.7 Å². The largest absolute Gasteiger partial charge is 0.0840 e. The molecule has 0 saturated heterocycles. The van der Waals surface area contributed by atoms with Gasteiger partial charge in [0.15, 0.2) is 0 Å². The fourth-order valence-electron chi connectivity index (χ4n) is 2.23. The SMILES string of the molecule is Cc1cc(Cl)c(C(Br)c2ccc(C(C)C)cc2)cc1C. The molecule has 0 amide bonds. The van der Waals surface area contributed by atoms with Crippen LogP contribution in [0.2, 0.25) is 5.02 Å². The molecule has 20 heavy (non-hydrogen) atoms. The molecule has 2 aromatic carbocycles. The fourth-order valence-corrected chi connectivity index (χ4v) is 3.37. The summed E-state index contributed by atoms with van der Waals surface area (Å²) < 4.78 is 0. The van der Waals surface area contributed by atoms with Crippen molar-refractivity contribution in [3.63, 3.8) is 0 Å². The van der Waals surface area contributed by atoms with Crippen LogP contribution in [0, 0.1) is 13.8 Å².